The maximum absolute atomic E-state index is 14.5. The van der Waals surface area contributed by atoms with Crippen molar-refractivity contribution in [2.24, 2.45) is 0 Å². The SMILES string of the molecule is C=C(c1ccc(C(C)(C)C)cc1F)N(C)C(CCC)CCC. The number of halogens is 1. The van der Waals surface area contributed by atoms with Crippen molar-refractivity contribution in [3.8, 4) is 0 Å². The van der Waals surface area contributed by atoms with Crippen molar-refractivity contribution in [3.63, 3.8) is 0 Å². The lowest BCUT2D eigenvalue weighted by atomic mass is 9.86. The molecule has 0 fully saturated rings. The summed E-state index contributed by atoms with van der Waals surface area (Å²) < 4.78 is 14.5. The lowest BCUT2D eigenvalue weighted by Crippen LogP contribution is -2.30. The van der Waals surface area contributed by atoms with Gasteiger partial charge in [0.05, 0.1) is 0 Å². The zero-order valence-electron chi connectivity index (χ0n) is 15.2. The molecule has 0 unspecified atom stereocenters. The predicted octanol–water partition coefficient (Wildman–Crippen LogP) is 5.99. The van der Waals surface area contributed by atoms with Crippen LogP contribution in [-0.4, -0.2) is 18.0 Å². The van der Waals surface area contributed by atoms with Gasteiger partial charge in [-0.2, -0.15) is 0 Å². The van der Waals surface area contributed by atoms with E-state index in [1.807, 2.05) is 19.2 Å². The van der Waals surface area contributed by atoms with Gasteiger partial charge < -0.3 is 4.90 Å². The first-order valence-electron chi connectivity index (χ1n) is 8.44. The molecule has 0 heterocycles. The van der Waals surface area contributed by atoms with E-state index in [0.29, 0.717) is 11.6 Å². The van der Waals surface area contributed by atoms with Crippen LogP contribution in [0, 0.1) is 5.82 Å². The van der Waals surface area contributed by atoms with Gasteiger partial charge in [0.15, 0.2) is 0 Å². The van der Waals surface area contributed by atoms with Crippen LogP contribution in [0.4, 0.5) is 4.39 Å². The molecule has 0 aliphatic rings. The molecule has 22 heavy (non-hydrogen) atoms. The Bertz CT molecular complexity index is 493. The Hall–Kier alpha value is -1.31. The molecule has 0 aliphatic carbocycles. The number of hydrogen-bond acceptors (Lipinski definition) is 1. The molecule has 0 atom stereocenters. The first-order valence-corrected chi connectivity index (χ1v) is 8.44. The number of hydrogen-bond donors (Lipinski definition) is 0. The summed E-state index contributed by atoms with van der Waals surface area (Å²) in [4.78, 5) is 2.15. The van der Waals surface area contributed by atoms with Crippen molar-refractivity contribution in [2.75, 3.05) is 7.05 Å². The molecule has 0 spiro atoms. The molecular formula is C20H32FN. The van der Waals surface area contributed by atoms with Crippen LogP contribution in [0.3, 0.4) is 0 Å². The van der Waals surface area contributed by atoms with E-state index in [2.05, 4.69) is 46.1 Å². The molecule has 1 aromatic rings. The maximum Gasteiger partial charge on any atom is 0.132 e. The highest BCUT2D eigenvalue weighted by molar-refractivity contribution is 5.63. The van der Waals surface area contributed by atoms with Gasteiger partial charge in [-0.05, 0) is 36.0 Å². The van der Waals surface area contributed by atoms with Gasteiger partial charge >= 0.3 is 0 Å². The van der Waals surface area contributed by atoms with Crippen LogP contribution < -0.4 is 0 Å². The van der Waals surface area contributed by atoms with Gasteiger partial charge in [-0.25, -0.2) is 4.39 Å². The van der Waals surface area contributed by atoms with E-state index in [4.69, 9.17) is 0 Å². The van der Waals surface area contributed by atoms with Gasteiger partial charge in [-0.3, -0.25) is 0 Å². The Labute approximate surface area is 136 Å². The molecule has 0 aromatic heterocycles. The molecule has 1 nitrogen and oxygen atoms in total. The van der Waals surface area contributed by atoms with Gasteiger partial charge in [0.2, 0.25) is 0 Å². The van der Waals surface area contributed by atoms with E-state index in [1.165, 1.54) is 0 Å². The third-order valence-corrected chi connectivity index (χ3v) is 4.36. The molecule has 0 bridgehead atoms. The Morgan fingerprint density at radius 1 is 1.18 bits per heavy atom. The molecule has 0 N–H and O–H groups in total. The Balaban J connectivity index is 3.01. The molecule has 2 heteroatoms. The minimum atomic E-state index is -0.170. The minimum Gasteiger partial charge on any atom is -0.372 e. The number of nitrogens with zero attached hydrogens (tertiary/aromatic N) is 1. The molecule has 0 radical (unpaired) electrons. The second-order valence-electron chi connectivity index (χ2n) is 7.23. The highest BCUT2D eigenvalue weighted by atomic mass is 19.1. The van der Waals surface area contributed by atoms with Gasteiger partial charge in [-0.1, -0.05) is 60.1 Å². The van der Waals surface area contributed by atoms with Crippen LogP contribution in [0.2, 0.25) is 0 Å². The van der Waals surface area contributed by atoms with Crippen molar-refractivity contribution >= 4 is 5.70 Å². The topological polar surface area (TPSA) is 3.24 Å². The van der Waals surface area contributed by atoms with E-state index in [1.54, 1.807) is 6.07 Å². The molecule has 0 saturated heterocycles. The Kier molecular flexibility index (Phi) is 6.65. The fourth-order valence-corrected chi connectivity index (χ4v) is 2.82. The van der Waals surface area contributed by atoms with E-state index < -0.39 is 0 Å². The van der Waals surface area contributed by atoms with Gasteiger partial charge in [0.25, 0.3) is 0 Å². The van der Waals surface area contributed by atoms with E-state index in [-0.39, 0.29) is 11.2 Å². The molecule has 124 valence electrons. The molecule has 1 aromatic carbocycles. The standard InChI is InChI=1S/C20H32FN/c1-8-10-17(11-9-2)22(7)15(3)18-13-12-16(14-19(18)21)20(4,5)6/h12-14,17H,3,8-11H2,1-2,4-7H3. The third-order valence-electron chi connectivity index (χ3n) is 4.36. The van der Waals surface area contributed by atoms with Crippen molar-refractivity contribution in [2.45, 2.75) is 71.8 Å². The normalized spacial score (nSPS) is 11.8. The van der Waals surface area contributed by atoms with E-state index in [9.17, 15) is 4.39 Å². The van der Waals surface area contributed by atoms with Crippen LogP contribution in [0.25, 0.3) is 5.70 Å². The zero-order valence-corrected chi connectivity index (χ0v) is 15.2. The van der Waals surface area contributed by atoms with Gasteiger partial charge in [0.1, 0.15) is 5.82 Å². The lowest BCUT2D eigenvalue weighted by molar-refractivity contribution is 0.305. The lowest BCUT2D eigenvalue weighted by Gasteiger charge is -2.32. The summed E-state index contributed by atoms with van der Waals surface area (Å²) in [5, 5.41) is 0. The van der Waals surface area contributed by atoms with Crippen molar-refractivity contribution < 1.29 is 4.39 Å². The van der Waals surface area contributed by atoms with Crippen molar-refractivity contribution in [3.05, 3.63) is 41.7 Å². The van der Waals surface area contributed by atoms with Crippen molar-refractivity contribution in [1.82, 2.24) is 4.90 Å². The second kappa shape index (κ2) is 7.80. The van der Waals surface area contributed by atoms with Crippen LogP contribution >= 0.6 is 0 Å². The predicted molar refractivity (Wildman–Crippen MR) is 95.5 cm³/mol. The fraction of sp³-hybridized carbons (Fsp3) is 0.600. The Morgan fingerprint density at radius 3 is 2.14 bits per heavy atom. The molecule has 0 saturated carbocycles. The number of benzene rings is 1. The maximum atomic E-state index is 14.5. The van der Waals surface area contributed by atoms with E-state index in [0.717, 1.165) is 36.9 Å². The molecular weight excluding hydrogens is 273 g/mol. The summed E-state index contributed by atoms with van der Waals surface area (Å²) in [5.41, 5.74) is 2.37. The van der Waals surface area contributed by atoms with Crippen molar-refractivity contribution in [1.29, 1.82) is 0 Å². The Morgan fingerprint density at radius 2 is 1.73 bits per heavy atom. The van der Waals surface area contributed by atoms with Crippen LogP contribution in [-0.2, 0) is 5.41 Å². The minimum absolute atomic E-state index is 0.0421. The van der Waals surface area contributed by atoms with Gasteiger partial charge in [0, 0.05) is 24.4 Å². The van der Waals surface area contributed by atoms with Crippen LogP contribution in [0.5, 0.6) is 0 Å². The largest absolute Gasteiger partial charge is 0.372 e. The first kappa shape index (κ1) is 18.7. The summed E-state index contributed by atoms with van der Waals surface area (Å²) in [5.74, 6) is -0.170. The number of rotatable bonds is 7. The zero-order chi connectivity index (χ0) is 16.9. The summed E-state index contributed by atoms with van der Waals surface area (Å²) in [6.07, 6.45) is 4.50. The highest BCUT2D eigenvalue weighted by Gasteiger charge is 2.20. The average molecular weight is 305 g/mol. The summed E-state index contributed by atoms with van der Waals surface area (Å²) in [6.45, 7) is 14.8. The molecule has 0 amide bonds. The second-order valence-corrected chi connectivity index (χ2v) is 7.23. The average Bonchev–Trinajstić information content (AvgIpc) is 2.44. The molecule has 1 rings (SSSR count). The van der Waals surface area contributed by atoms with E-state index >= 15 is 0 Å². The van der Waals surface area contributed by atoms with Crippen LogP contribution in [0.15, 0.2) is 24.8 Å². The summed E-state index contributed by atoms with van der Waals surface area (Å²) in [7, 11) is 2.04. The van der Waals surface area contributed by atoms with Gasteiger partial charge in [-0.15, -0.1) is 0 Å². The first-order chi connectivity index (χ1) is 10.2. The monoisotopic (exact) mass is 305 g/mol. The third kappa shape index (κ3) is 4.59. The quantitative estimate of drug-likeness (QED) is 0.597. The summed E-state index contributed by atoms with van der Waals surface area (Å²) in [6, 6.07) is 5.99. The smallest absolute Gasteiger partial charge is 0.132 e. The fourth-order valence-electron chi connectivity index (χ4n) is 2.82. The van der Waals surface area contributed by atoms with Crippen LogP contribution in [0.1, 0.15) is 71.4 Å². The molecule has 0 aliphatic heterocycles. The highest BCUT2D eigenvalue weighted by Crippen LogP contribution is 2.29. The summed E-state index contributed by atoms with van der Waals surface area (Å²) >= 11 is 0.